The molecule has 2 heteroatoms. The van der Waals surface area contributed by atoms with Crippen LogP contribution in [0, 0.1) is 0 Å². The molecule has 0 atom stereocenters. The summed E-state index contributed by atoms with van der Waals surface area (Å²) in [5.41, 5.74) is -0.155. The van der Waals surface area contributed by atoms with E-state index in [1.54, 1.807) is 0 Å². The fourth-order valence-electron chi connectivity index (χ4n) is 0.813. The second-order valence-corrected chi connectivity index (χ2v) is 5.01. The van der Waals surface area contributed by atoms with Crippen molar-refractivity contribution in [2.45, 2.75) is 52.7 Å². The topological polar surface area (TPSA) is 21.3 Å². The van der Waals surface area contributed by atoms with Gasteiger partial charge in [0.15, 0.2) is 5.88 Å². The van der Waals surface area contributed by atoms with Crippen molar-refractivity contribution in [3.05, 3.63) is 12.5 Å². The highest BCUT2D eigenvalue weighted by atomic mass is 16.5. The van der Waals surface area contributed by atoms with Crippen molar-refractivity contribution >= 4 is 0 Å². The maximum Gasteiger partial charge on any atom is 0.180 e. The Bertz CT molecular complexity index is 142. The van der Waals surface area contributed by atoms with E-state index in [0.717, 1.165) is 0 Å². The van der Waals surface area contributed by atoms with Gasteiger partial charge in [-0.2, -0.15) is 0 Å². The van der Waals surface area contributed by atoms with Gasteiger partial charge in [0.25, 0.3) is 0 Å². The molecule has 2 nitrogen and oxygen atoms in total. The molecule has 0 rings (SSSR count). The van der Waals surface area contributed by atoms with Crippen LogP contribution in [0.15, 0.2) is 12.5 Å². The van der Waals surface area contributed by atoms with E-state index in [1.807, 2.05) is 20.8 Å². The summed E-state index contributed by atoms with van der Waals surface area (Å²) in [7, 11) is 0. The van der Waals surface area contributed by atoms with Crippen LogP contribution in [-0.2, 0) is 4.74 Å². The first-order valence-electron chi connectivity index (χ1n) is 4.26. The number of nitrogens with one attached hydrogen (secondary N) is 1. The zero-order valence-electron chi connectivity index (χ0n) is 9.12. The maximum absolute atomic E-state index is 5.51. The minimum Gasteiger partial charge on any atom is -0.474 e. The first-order valence-corrected chi connectivity index (χ1v) is 4.26. The number of hydrogen-bond acceptors (Lipinski definition) is 2. The summed E-state index contributed by atoms with van der Waals surface area (Å²) in [6.45, 7) is 16.0. The first kappa shape index (κ1) is 11.3. The third-order valence-corrected chi connectivity index (χ3v) is 0.944. The lowest BCUT2D eigenvalue weighted by Crippen LogP contribution is -2.37. The lowest BCUT2D eigenvalue weighted by atomic mass is 10.1. The van der Waals surface area contributed by atoms with Crippen LogP contribution in [0.25, 0.3) is 0 Å². The van der Waals surface area contributed by atoms with E-state index in [1.165, 1.54) is 0 Å². The lowest BCUT2D eigenvalue weighted by Gasteiger charge is -2.28. The normalized spacial score (nSPS) is 12.5. The van der Waals surface area contributed by atoms with Crippen LogP contribution in [0.4, 0.5) is 0 Å². The summed E-state index contributed by atoms with van der Waals surface area (Å²) in [6, 6.07) is 0. The van der Waals surface area contributed by atoms with Crippen LogP contribution in [0.1, 0.15) is 41.5 Å². The number of rotatable bonds is 2. The molecule has 12 heavy (non-hydrogen) atoms. The van der Waals surface area contributed by atoms with Crippen LogP contribution in [0.3, 0.4) is 0 Å². The minimum absolute atomic E-state index is 0.0162. The Morgan fingerprint density at radius 3 is 1.75 bits per heavy atom. The van der Waals surface area contributed by atoms with Crippen molar-refractivity contribution in [1.82, 2.24) is 5.32 Å². The molecule has 0 aliphatic heterocycles. The van der Waals surface area contributed by atoms with E-state index in [2.05, 4.69) is 32.7 Å². The molecule has 0 aliphatic carbocycles. The molecule has 1 N–H and O–H groups in total. The van der Waals surface area contributed by atoms with Crippen molar-refractivity contribution in [2.75, 3.05) is 0 Å². The summed E-state index contributed by atoms with van der Waals surface area (Å²) in [5.74, 6) is 0.634. The van der Waals surface area contributed by atoms with Gasteiger partial charge in [-0.3, -0.25) is 0 Å². The quantitative estimate of drug-likeness (QED) is 0.645. The SMILES string of the molecule is C=C(NC(C)(C)C)OC(C)(C)C. The molecule has 0 aromatic carbocycles. The summed E-state index contributed by atoms with van der Waals surface area (Å²) in [5, 5.41) is 3.16. The van der Waals surface area contributed by atoms with Gasteiger partial charge < -0.3 is 10.1 Å². The maximum atomic E-state index is 5.51. The minimum atomic E-state index is -0.171. The van der Waals surface area contributed by atoms with Crippen molar-refractivity contribution in [3.63, 3.8) is 0 Å². The van der Waals surface area contributed by atoms with E-state index < -0.39 is 0 Å². The summed E-state index contributed by atoms with van der Waals surface area (Å²) < 4.78 is 5.51. The predicted octanol–water partition coefficient (Wildman–Crippen LogP) is 2.66. The first-order chi connectivity index (χ1) is 5.10. The molecule has 0 aromatic rings. The molecule has 0 fully saturated rings. The average molecular weight is 171 g/mol. The Balaban J connectivity index is 3.92. The Morgan fingerprint density at radius 1 is 1.08 bits per heavy atom. The van der Waals surface area contributed by atoms with Crippen molar-refractivity contribution in [3.8, 4) is 0 Å². The Labute approximate surface area is 76.0 Å². The zero-order chi connectivity index (χ0) is 9.99. The monoisotopic (exact) mass is 171 g/mol. The van der Waals surface area contributed by atoms with Crippen LogP contribution < -0.4 is 5.32 Å². The summed E-state index contributed by atoms with van der Waals surface area (Å²) >= 11 is 0. The van der Waals surface area contributed by atoms with Crippen molar-refractivity contribution in [1.29, 1.82) is 0 Å². The summed E-state index contributed by atoms with van der Waals surface area (Å²) in [4.78, 5) is 0. The Hall–Kier alpha value is -0.660. The molecule has 0 radical (unpaired) electrons. The highest BCUT2D eigenvalue weighted by Crippen LogP contribution is 2.12. The molecule has 0 unspecified atom stereocenters. The molecule has 72 valence electrons. The second-order valence-electron chi connectivity index (χ2n) is 5.01. The van der Waals surface area contributed by atoms with Gasteiger partial charge in [-0.25, -0.2) is 0 Å². The molecule has 0 saturated heterocycles. The third-order valence-electron chi connectivity index (χ3n) is 0.944. The van der Waals surface area contributed by atoms with E-state index in [4.69, 9.17) is 4.74 Å². The fraction of sp³-hybridized carbons (Fsp3) is 0.800. The van der Waals surface area contributed by atoms with E-state index in [0.29, 0.717) is 5.88 Å². The number of ether oxygens (including phenoxy) is 1. The van der Waals surface area contributed by atoms with Gasteiger partial charge in [-0.1, -0.05) is 0 Å². The van der Waals surface area contributed by atoms with Crippen LogP contribution >= 0.6 is 0 Å². The molecule has 0 heterocycles. The second kappa shape index (κ2) is 3.38. The van der Waals surface area contributed by atoms with Gasteiger partial charge in [0, 0.05) is 5.54 Å². The molecule has 0 aliphatic rings. The zero-order valence-corrected chi connectivity index (χ0v) is 9.12. The fourth-order valence-corrected chi connectivity index (χ4v) is 0.813. The van der Waals surface area contributed by atoms with Gasteiger partial charge in [-0.15, -0.1) is 0 Å². The van der Waals surface area contributed by atoms with Crippen molar-refractivity contribution in [2.24, 2.45) is 0 Å². The third kappa shape index (κ3) is 7.45. The molecule has 0 amide bonds. The molecule has 0 spiro atoms. The average Bonchev–Trinajstić information content (AvgIpc) is 1.49. The molecule has 0 bridgehead atoms. The van der Waals surface area contributed by atoms with Gasteiger partial charge >= 0.3 is 0 Å². The van der Waals surface area contributed by atoms with Gasteiger partial charge in [-0.05, 0) is 48.1 Å². The van der Waals surface area contributed by atoms with Crippen LogP contribution in [-0.4, -0.2) is 11.1 Å². The largest absolute Gasteiger partial charge is 0.474 e. The number of hydrogen-bond donors (Lipinski definition) is 1. The Kier molecular flexibility index (Phi) is 3.19. The van der Waals surface area contributed by atoms with E-state index in [-0.39, 0.29) is 11.1 Å². The summed E-state index contributed by atoms with van der Waals surface area (Å²) in [6.07, 6.45) is 0. The highest BCUT2D eigenvalue weighted by Gasteiger charge is 2.16. The predicted molar refractivity (Wildman–Crippen MR) is 52.9 cm³/mol. The van der Waals surface area contributed by atoms with E-state index in [9.17, 15) is 0 Å². The van der Waals surface area contributed by atoms with E-state index >= 15 is 0 Å². The molecule has 0 saturated carbocycles. The van der Waals surface area contributed by atoms with Crippen LogP contribution in [0.2, 0.25) is 0 Å². The van der Waals surface area contributed by atoms with Gasteiger partial charge in [0.2, 0.25) is 0 Å². The van der Waals surface area contributed by atoms with Gasteiger partial charge in [0.05, 0.1) is 0 Å². The lowest BCUT2D eigenvalue weighted by molar-refractivity contribution is 0.0351. The van der Waals surface area contributed by atoms with Crippen molar-refractivity contribution < 1.29 is 4.74 Å². The van der Waals surface area contributed by atoms with Gasteiger partial charge in [0.1, 0.15) is 5.60 Å². The molecular weight excluding hydrogens is 150 g/mol. The highest BCUT2D eigenvalue weighted by molar-refractivity contribution is 4.89. The Morgan fingerprint density at radius 2 is 1.50 bits per heavy atom. The molecule has 0 aromatic heterocycles. The molecular formula is C10H21NO. The smallest absolute Gasteiger partial charge is 0.180 e. The van der Waals surface area contributed by atoms with Crippen LogP contribution in [0.5, 0.6) is 0 Å². The standard InChI is InChI=1S/C10H21NO/c1-8(11-9(2,3)4)12-10(5,6)7/h11H,1H2,2-7H3.